The maximum absolute atomic E-state index is 12.5. The fraction of sp³-hybridized carbons (Fsp3) is 0.346. The minimum absolute atomic E-state index is 0.136. The molecule has 0 saturated carbocycles. The van der Waals surface area contributed by atoms with Crippen molar-refractivity contribution in [1.29, 1.82) is 0 Å². The standard InChI is InChI=1S/C26H31N3O2/c30-26(27-15-18-28-16-7-8-17-28)25-14-13-24(31-25)21-29(19-22-9-3-1-4-10-22)20-23-11-5-2-6-12-23/h1-6,9-14H,7-8,15-21H2,(H,27,30). The van der Waals surface area contributed by atoms with Crippen molar-refractivity contribution in [3.63, 3.8) is 0 Å². The number of rotatable bonds is 10. The molecule has 2 aromatic carbocycles. The molecule has 1 aliphatic heterocycles. The second-order valence-corrected chi connectivity index (χ2v) is 8.19. The number of benzene rings is 2. The molecule has 4 rings (SSSR count). The number of likely N-dealkylation sites (tertiary alicyclic amines) is 1. The Hall–Kier alpha value is -2.89. The highest BCUT2D eigenvalue weighted by Crippen LogP contribution is 2.16. The van der Waals surface area contributed by atoms with Crippen LogP contribution in [0.4, 0.5) is 0 Å². The Bertz CT molecular complexity index is 892. The summed E-state index contributed by atoms with van der Waals surface area (Å²) in [6.07, 6.45) is 2.52. The number of carbonyl (C=O) groups excluding carboxylic acids is 1. The van der Waals surface area contributed by atoms with Gasteiger partial charge in [0.15, 0.2) is 5.76 Å². The molecule has 0 spiro atoms. The van der Waals surface area contributed by atoms with E-state index in [2.05, 4.69) is 63.6 Å². The summed E-state index contributed by atoms with van der Waals surface area (Å²) in [5.41, 5.74) is 2.51. The third-order valence-corrected chi connectivity index (χ3v) is 5.68. The van der Waals surface area contributed by atoms with Crippen molar-refractivity contribution >= 4 is 5.91 Å². The average Bonchev–Trinajstić information content (AvgIpc) is 3.47. The third kappa shape index (κ3) is 6.54. The molecular weight excluding hydrogens is 386 g/mol. The Labute approximate surface area is 184 Å². The molecule has 0 unspecified atom stereocenters. The number of amides is 1. The van der Waals surface area contributed by atoms with Crippen LogP contribution in [0.2, 0.25) is 0 Å². The first-order chi connectivity index (χ1) is 15.3. The van der Waals surface area contributed by atoms with E-state index in [1.807, 2.05) is 18.2 Å². The predicted octanol–water partition coefficient (Wildman–Crippen LogP) is 4.31. The minimum atomic E-state index is -0.136. The van der Waals surface area contributed by atoms with Gasteiger partial charge in [0.05, 0.1) is 6.54 Å². The first-order valence-corrected chi connectivity index (χ1v) is 11.2. The summed E-state index contributed by atoms with van der Waals surface area (Å²) >= 11 is 0. The smallest absolute Gasteiger partial charge is 0.287 e. The molecule has 1 saturated heterocycles. The number of nitrogens with one attached hydrogen (secondary N) is 1. The van der Waals surface area contributed by atoms with E-state index >= 15 is 0 Å². The van der Waals surface area contributed by atoms with E-state index in [-0.39, 0.29) is 5.91 Å². The van der Waals surface area contributed by atoms with E-state index in [9.17, 15) is 4.79 Å². The summed E-state index contributed by atoms with van der Waals surface area (Å²) in [4.78, 5) is 17.2. The summed E-state index contributed by atoms with van der Waals surface area (Å²) < 4.78 is 5.91. The Balaban J connectivity index is 1.36. The van der Waals surface area contributed by atoms with E-state index in [1.165, 1.54) is 24.0 Å². The molecule has 0 bridgehead atoms. The lowest BCUT2D eigenvalue weighted by Gasteiger charge is -2.21. The van der Waals surface area contributed by atoms with Crippen molar-refractivity contribution in [2.24, 2.45) is 0 Å². The van der Waals surface area contributed by atoms with Gasteiger partial charge in [0.2, 0.25) is 0 Å². The Morgan fingerprint density at radius 2 is 1.45 bits per heavy atom. The SMILES string of the molecule is O=C(NCCN1CCCC1)c1ccc(CN(Cc2ccccc2)Cc2ccccc2)o1. The molecule has 5 heteroatoms. The molecule has 1 fully saturated rings. The van der Waals surface area contributed by atoms with Crippen molar-refractivity contribution < 1.29 is 9.21 Å². The monoisotopic (exact) mass is 417 g/mol. The first kappa shape index (κ1) is 21.3. The number of hydrogen-bond acceptors (Lipinski definition) is 4. The van der Waals surface area contributed by atoms with Gasteiger partial charge in [-0.2, -0.15) is 0 Å². The predicted molar refractivity (Wildman–Crippen MR) is 123 cm³/mol. The molecule has 162 valence electrons. The van der Waals surface area contributed by atoms with Crippen LogP contribution in [-0.4, -0.2) is 41.9 Å². The molecule has 3 aromatic rings. The molecule has 31 heavy (non-hydrogen) atoms. The lowest BCUT2D eigenvalue weighted by molar-refractivity contribution is 0.0917. The van der Waals surface area contributed by atoms with Gasteiger partial charge in [-0.25, -0.2) is 0 Å². The zero-order chi connectivity index (χ0) is 21.3. The molecule has 5 nitrogen and oxygen atoms in total. The second-order valence-electron chi connectivity index (χ2n) is 8.19. The van der Waals surface area contributed by atoms with E-state index in [4.69, 9.17) is 4.42 Å². The summed E-state index contributed by atoms with van der Waals surface area (Å²) in [6.45, 7) is 6.11. The van der Waals surface area contributed by atoms with Crippen molar-refractivity contribution in [1.82, 2.24) is 15.1 Å². The van der Waals surface area contributed by atoms with Gasteiger partial charge < -0.3 is 14.6 Å². The lowest BCUT2D eigenvalue weighted by atomic mass is 10.1. The van der Waals surface area contributed by atoms with Crippen LogP contribution >= 0.6 is 0 Å². The van der Waals surface area contributed by atoms with Gasteiger partial charge >= 0.3 is 0 Å². The normalized spacial score (nSPS) is 14.2. The topological polar surface area (TPSA) is 48.7 Å². The van der Waals surface area contributed by atoms with Gasteiger partial charge in [-0.05, 0) is 49.2 Å². The van der Waals surface area contributed by atoms with E-state index in [0.29, 0.717) is 18.8 Å². The summed E-state index contributed by atoms with van der Waals surface area (Å²) in [6, 6.07) is 24.6. The molecule has 1 amide bonds. The Morgan fingerprint density at radius 3 is 2.06 bits per heavy atom. The highest BCUT2D eigenvalue weighted by Gasteiger charge is 2.16. The van der Waals surface area contributed by atoms with Gasteiger partial charge in [-0.15, -0.1) is 0 Å². The first-order valence-electron chi connectivity index (χ1n) is 11.2. The van der Waals surface area contributed by atoms with Crippen LogP contribution in [0.3, 0.4) is 0 Å². The van der Waals surface area contributed by atoms with Crippen LogP contribution in [0.15, 0.2) is 77.2 Å². The molecule has 0 atom stereocenters. The second kappa shape index (κ2) is 10.9. The fourth-order valence-corrected chi connectivity index (χ4v) is 4.08. The van der Waals surface area contributed by atoms with Crippen LogP contribution in [0.25, 0.3) is 0 Å². The zero-order valence-electron chi connectivity index (χ0n) is 18.0. The highest BCUT2D eigenvalue weighted by atomic mass is 16.4. The van der Waals surface area contributed by atoms with Crippen molar-refractivity contribution in [3.05, 3.63) is 95.4 Å². The zero-order valence-corrected chi connectivity index (χ0v) is 18.0. The molecule has 1 aromatic heterocycles. The number of nitrogens with zero attached hydrogens (tertiary/aromatic N) is 2. The van der Waals surface area contributed by atoms with Crippen LogP contribution in [0, 0.1) is 0 Å². The van der Waals surface area contributed by atoms with E-state index in [1.54, 1.807) is 6.07 Å². The van der Waals surface area contributed by atoms with Crippen LogP contribution in [0.5, 0.6) is 0 Å². The molecular formula is C26H31N3O2. The van der Waals surface area contributed by atoms with Gasteiger partial charge in [0.1, 0.15) is 5.76 Å². The lowest BCUT2D eigenvalue weighted by Crippen LogP contribution is -2.33. The van der Waals surface area contributed by atoms with Crippen molar-refractivity contribution in [3.8, 4) is 0 Å². The Morgan fingerprint density at radius 1 is 0.839 bits per heavy atom. The van der Waals surface area contributed by atoms with E-state index in [0.717, 1.165) is 38.5 Å². The van der Waals surface area contributed by atoms with Crippen LogP contribution < -0.4 is 5.32 Å². The molecule has 0 radical (unpaired) electrons. The van der Waals surface area contributed by atoms with Crippen LogP contribution in [0.1, 0.15) is 40.3 Å². The van der Waals surface area contributed by atoms with Crippen molar-refractivity contribution in [2.45, 2.75) is 32.5 Å². The molecule has 0 aliphatic carbocycles. The van der Waals surface area contributed by atoms with Gasteiger partial charge in [0, 0.05) is 26.2 Å². The van der Waals surface area contributed by atoms with Crippen LogP contribution in [-0.2, 0) is 19.6 Å². The van der Waals surface area contributed by atoms with Gasteiger partial charge in [-0.1, -0.05) is 60.7 Å². The maximum atomic E-state index is 12.5. The van der Waals surface area contributed by atoms with Gasteiger partial charge in [0.25, 0.3) is 5.91 Å². The summed E-state index contributed by atoms with van der Waals surface area (Å²) in [5.74, 6) is 1.05. The highest BCUT2D eigenvalue weighted by molar-refractivity contribution is 5.91. The van der Waals surface area contributed by atoms with E-state index < -0.39 is 0 Å². The third-order valence-electron chi connectivity index (χ3n) is 5.68. The quantitative estimate of drug-likeness (QED) is 0.534. The molecule has 1 aliphatic rings. The average molecular weight is 418 g/mol. The maximum Gasteiger partial charge on any atom is 0.287 e. The fourth-order valence-electron chi connectivity index (χ4n) is 4.08. The minimum Gasteiger partial charge on any atom is -0.455 e. The summed E-state index contributed by atoms with van der Waals surface area (Å²) in [5, 5.41) is 2.98. The number of hydrogen-bond donors (Lipinski definition) is 1. The van der Waals surface area contributed by atoms with Gasteiger partial charge in [-0.3, -0.25) is 9.69 Å². The largest absolute Gasteiger partial charge is 0.455 e. The summed E-state index contributed by atoms with van der Waals surface area (Å²) in [7, 11) is 0. The number of furan rings is 1. The molecule has 2 heterocycles. The molecule has 1 N–H and O–H groups in total. The number of carbonyl (C=O) groups is 1. The van der Waals surface area contributed by atoms with Crippen molar-refractivity contribution in [2.75, 3.05) is 26.2 Å². The Kier molecular flexibility index (Phi) is 7.53.